The molecule has 25 heavy (non-hydrogen) atoms. The highest BCUT2D eigenvalue weighted by molar-refractivity contribution is 5.94. The third kappa shape index (κ3) is 4.68. The molecule has 4 heteroatoms. The minimum Gasteiger partial charge on any atom is -0.349 e. The number of carbonyl (C=O) groups excluding carboxylic acids is 1. The van der Waals surface area contributed by atoms with Gasteiger partial charge in [0.1, 0.15) is 0 Å². The summed E-state index contributed by atoms with van der Waals surface area (Å²) >= 11 is 0. The van der Waals surface area contributed by atoms with Gasteiger partial charge in [-0.25, -0.2) is 0 Å². The number of nitrogens with two attached hydrogens (primary N) is 1. The first-order valence-electron chi connectivity index (χ1n) is 9.02. The van der Waals surface area contributed by atoms with Crippen molar-refractivity contribution in [2.45, 2.75) is 38.9 Å². The van der Waals surface area contributed by atoms with E-state index in [9.17, 15) is 4.79 Å². The van der Waals surface area contributed by atoms with Gasteiger partial charge in [0.25, 0.3) is 5.91 Å². The number of amides is 1. The van der Waals surface area contributed by atoms with Crippen molar-refractivity contribution < 1.29 is 4.79 Å². The molecule has 0 radical (unpaired) electrons. The molecule has 2 aromatic carbocycles. The van der Waals surface area contributed by atoms with E-state index in [1.54, 1.807) is 0 Å². The molecule has 4 nitrogen and oxygen atoms in total. The average Bonchev–Trinajstić information content (AvgIpc) is 2.65. The number of piperidine rings is 1. The fraction of sp³-hybridized carbons (Fsp3) is 0.381. The maximum atomic E-state index is 12.4. The van der Waals surface area contributed by atoms with Crippen molar-refractivity contribution in [1.29, 1.82) is 0 Å². The lowest BCUT2D eigenvalue weighted by Gasteiger charge is -2.32. The maximum absolute atomic E-state index is 12.4. The highest BCUT2D eigenvalue weighted by Gasteiger charge is 2.21. The van der Waals surface area contributed by atoms with E-state index >= 15 is 0 Å². The molecule has 0 saturated carbocycles. The van der Waals surface area contributed by atoms with Crippen LogP contribution in [0.3, 0.4) is 0 Å². The predicted molar refractivity (Wildman–Crippen MR) is 101 cm³/mol. The van der Waals surface area contributed by atoms with Gasteiger partial charge in [-0.3, -0.25) is 9.69 Å². The molecular formula is C21H27N3O. The van der Waals surface area contributed by atoms with Crippen molar-refractivity contribution in [1.82, 2.24) is 10.2 Å². The Hall–Kier alpha value is -2.17. The van der Waals surface area contributed by atoms with E-state index in [0.717, 1.165) is 38.0 Å². The number of carbonyl (C=O) groups is 1. The van der Waals surface area contributed by atoms with E-state index in [2.05, 4.69) is 41.4 Å². The number of hydrogen-bond donors (Lipinski definition) is 2. The summed E-state index contributed by atoms with van der Waals surface area (Å²) in [5, 5.41) is 3.18. The van der Waals surface area contributed by atoms with Crippen LogP contribution in [-0.4, -0.2) is 29.9 Å². The summed E-state index contributed by atoms with van der Waals surface area (Å²) in [6.45, 7) is 5.65. The van der Waals surface area contributed by atoms with Gasteiger partial charge < -0.3 is 11.1 Å². The molecule has 3 rings (SSSR count). The standard InChI is InChI=1S/C21H27N3O/c1-16-5-2-3-7-19(16)15-24-11-9-20(10-12-24)23-21(25)18-8-4-6-17(13-18)14-22/h2-8,13,20H,9-12,14-15,22H2,1H3,(H,23,25). The lowest BCUT2D eigenvalue weighted by Crippen LogP contribution is -2.44. The van der Waals surface area contributed by atoms with Crippen molar-refractivity contribution in [3.05, 3.63) is 70.8 Å². The first kappa shape index (κ1) is 17.6. The minimum atomic E-state index is 0.00709. The van der Waals surface area contributed by atoms with Gasteiger partial charge in [-0.1, -0.05) is 36.4 Å². The summed E-state index contributed by atoms with van der Waals surface area (Å²) in [6.07, 6.45) is 1.99. The van der Waals surface area contributed by atoms with E-state index < -0.39 is 0 Å². The first-order chi connectivity index (χ1) is 12.2. The largest absolute Gasteiger partial charge is 0.349 e. The zero-order valence-electron chi connectivity index (χ0n) is 14.9. The van der Waals surface area contributed by atoms with Gasteiger partial charge in [-0.05, 0) is 48.6 Å². The Labute approximate surface area is 150 Å². The van der Waals surface area contributed by atoms with Crippen LogP contribution in [0.2, 0.25) is 0 Å². The van der Waals surface area contributed by atoms with E-state index in [4.69, 9.17) is 5.73 Å². The number of aryl methyl sites for hydroxylation is 1. The third-order valence-electron chi connectivity index (χ3n) is 5.00. The summed E-state index contributed by atoms with van der Waals surface area (Å²) < 4.78 is 0. The molecule has 1 saturated heterocycles. The molecule has 1 aliphatic heterocycles. The number of nitrogens with zero attached hydrogens (tertiary/aromatic N) is 1. The quantitative estimate of drug-likeness (QED) is 0.882. The highest BCUT2D eigenvalue weighted by atomic mass is 16.1. The molecule has 3 N–H and O–H groups in total. The van der Waals surface area contributed by atoms with Crippen LogP contribution in [0.4, 0.5) is 0 Å². The first-order valence-corrected chi connectivity index (χ1v) is 9.02. The van der Waals surface area contributed by atoms with Crippen LogP contribution in [0, 0.1) is 6.92 Å². The number of rotatable bonds is 5. The van der Waals surface area contributed by atoms with Crippen molar-refractivity contribution in [2.75, 3.05) is 13.1 Å². The van der Waals surface area contributed by atoms with Crippen LogP contribution in [-0.2, 0) is 13.1 Å². The monoisotopic (exact) mass is 337 g/mol. The smallest absolute Gasteiger partial charge is 0.251 e. The van der Waals surface area contributed by atoms with Gasteiger partial charge in [-0.15, -0.1) is 0 Å². The molecule has 2 aromatic rings. The van der Waals surface area contributed by atoms with E-state index in [1.165, 1.54) is 11.1 Å². The van der Waals surface area contributed by atoms with Crippen molar-refractivity contribution in [3.63, 3.8) is 0 Å². The third-order valence-corrected chi connectivity index (χ3v) is 5.00. The fourth-order valence-corrected chi connectivity index (χ4v) is 3.37. The van der Waals surface area contributed by atoms with Crippen molar-refractivity contribution in [3.8, 4) is 0 Å². The lowest BCUT2D eigenvalue weighted by molar-refractivity contribution is 0.0909. The molecule has 1 amide bonds. The summed E-state index contributed by atoms with van der Waals surface area (Å²) in [7, 11) is 0. The average molecular weight is 337 g/mol. The molecule has 0 aromatic heterocycles. The minimum absolute atomic E-state index is 0.00709. The predicted octanol–water partition coefficient (Wildman–Crippen LogP) is 2.85. The Bertz CT molecular complexity index is 721. The second-order valence-corrected chi connectivity index (χ2v) is 6.85. The van der Waals surface area contributed by atoms with Gasteiger partial charge in [0.05, 0.1) is 0 Å². The number of hydrogen-bond acceptors (Lipinski definition) is 3. The van der Waals surface area contributed by atoms with Crippen LogP contribution >= 0.6 is 0 Å². The van der Waals surface area contributed by atoms with Crippen molar-refractivity contribution in [2.24, 2.45) is 5.73 Å². The van der Waals surface area contributed by atoms with E-state index in [0.29, 0.717) is 12.1 Å². The lowest BCUT2D eigenvalue weighted by atomic mass is 10.0. The van der Waals surface area contributed by atoms with E-state index in [1.807, 2.05) is 24.3 Å². The summed E-state index contributed by atoms with van der Waals surface area (Å²) in [5.41, 5.74) is 10.1. The molecule has 0 aliphatic carbocycles. The van der Waals surface area contributed by atoms with E-state index in [-0.39, 0.29) is 11.9 Å². The summed E-state index contributed by atoms with van der Waals surface area (Å²) in [6, 6.07) is 16.4. The molecule has 1 heterocycles. The SMILES string of the molecule is Cc1ccccc1CN1CCC(NC(=O)c2cccc(CN)c2)CC1. The molecule has 0 bridgehead atoms. The molecule has 0 unspecified atom stereocenters. The Balaban J connectivity index is 1.50. The highest BCUT2D eigenvalue weighted by Crippen LogP contribution is 2.16. The Morgan fingerprint density at radius 2 is 1.92 bits per heavy atom. The Morgan fingerprint density at radius 1 is 1.16 bits per heavy atom. The van der Waals surface area contributed by atoms with Gasteiger partial charge in [0, 0.05) is 37.8 Å². The molecule has 132 valence electrons. The van der Waals surface area contributed by atoms with Crippen LogP contribution in [0.1, 0.15) is 39.9 Å². The summed E-state index contributed by atoms with van der Waals surface area (Å²) in [5.74, 6) is 0.00709. The number of likely N-dealkylation sites (tertiary alicyclic amines) is 1. The summed E-state index contributed by atoms with van der Waals surface area (Å²) in [4.78, 5) is 14.9. The van der Waals surface area contributed by atoms with Crippen molar-refractivity contribution >= 4 is 5.91 Å². The second kappa shape index (κ2) is 8.28. The number of nitrogens with one attached hydrogen (secondary N) is 1. The molecule has 1 aliphatic rings. The van der Waals surface area contributed by atoms with Crippen LogP contribution in [0.25, 0.3) is 0 Å². The molecule has 1 fully saturated rings. The molecule has 0 spiro atoms. The zero-order chi connectivity index (χ0) is 17.6. The van der Waals surface area contributed by atoms with Crippen LogP contribution in [0.5, 0.6) is 0 Å². The van der Waals surface area contributed by atoms with Gasteiger partial charge in [0.15, 0.2) is 0 Å². The fourth-order valence-electron chi connectivity index (χ4n) is 3.37. The van der Waals surface area contributed by atoms with Gasteiger partial charge >= 0.3 is 0 Å². The number of benzene rings is 2. The normalized spacial score (nSPS) is 15.9. The Kier molecular flexibility index (Phi) is 5.84. The topological polar surface area (TPSA) is 58.4 Å². The molecular weight excluding hydrogens is 310 g/mol. The van der Waals surface area contributed by atoms with Crippen LogP contribution in [0.15, 0.2) is 48.5 Å². The van der Waals surface area contributed by atoms with Gasteiger partial charge in [-0.2, -0.15) is 0 Å². The van der Waals surface area contributed by atoms with Gasteiger partial charge in [0.2, 0.25) is 0 Å². The maximum Gasteiger partial charge on any atom is 0.251 e. The second-order valence-electron chi connectivity index (χ2n) is 6.85. The molecule has 0 atom stereocenters. The zero-order valence-corrected chi connectivity index (χ0v) is 14.9. The Morgan fingerprint density at radius 3 is 2.64 bits per heavy atom. The van der Waals surface area contributed by atoms with Crippen LogP contribution < -0.4 is 11.1 Å².